The van der Waals surface area contributed by atoms with Crippen molar-refractivity contribution in [3.05, 3.63) is 57.7 Å². The zero-order chi connectivity index (χ0) is 17.2. The number of rotatable bonds is 4. The van der Waals surface area contributed by atoms with Gasteiger partial charge in [0.05, 0.1) is 4.92 Å². The van der Waals surface area contributed by atoms with Crippen LogP contribution in [0.1, 0.15) is 13.8 Å². The van der Waals surface area contributed by atoms with E-state index >= 15 is 0 Å². The van der Waals surface area contributed by atoms with Crippen LogP contribution >= 0.6 is 0 Å². The highest BCUT2D eigenvalue weighted by Crippen LogP contribution is 2.20. The van der Waals surface area contributed by atoms with Crippen LogP contribution in [0, 0.1) is 10.1 Å². The van der Waals surface area contributed by atoms with Crippen molar-refractivity contribution in [2.45, 2.75) is 18.7 Å². The number of benzene rings is 1. The number of carbonyl (C=O) groups is 1. The van der Waals surface area contributed by atoms with Crippen molar-refractivity contribution in [3.8, 4) is 0 Å². The SMILES string of the molecule is CC1=C(C)/C(=N/OS(=O)(=O)c2cccc([N+](=O)[O-])c2)C=CC1=O. The first kappa shape index (κ1) is 16.6. The molecule has 1 aliphatic carbocycles. The summed E-state index contributed by atoms with van der Waals surface area (Å²) >= 11 is 0. The fraction of sp³-hybridized carbons (Fsp3) is 0.143. The molecule has 0 aromatic heterocycles. The number of nitrogens with zero attached hydrogens (tertiary/aromatic N) is 2. The lowest BCUT2D eigenvalue weighted by atomic mass is 9.97. The summed E-state index contributed by atoms with van der Waals surface area (Å²) in [5.74, 6) is -0.192. The molecule has 1 aromatic rings. The van der Waals surface area contributed by atoms with E-state index in [-0.39, 0.29) is 22.1 Å². The highest BCUT2D eigenvalue weighted by molar-refractivity contribution is 7.86. The third-order valence-corrected chi connectivity index (χ3v) is 4.36. The van der Waals surface area contributed by atoms with Gasteiger partial charge >= 0.3 is 10.1 Å². The zero-order valence-electron chi connectivity index (χ0n) is 12.2. The largest absolute Gasteiger partial charge is 0.358 e. The first-order chi connectivity index (χ1) is 10.7. The molecular formula is C14H12N2O6S. The van der Waals surface area contributed by atoms with Gasteiger partial charge in [-0.05, 0) is 37.6 Å². The summed E-state index contributed by atoms with van der Waals surface area (Å²) in [7, 11) is -4.30. The van der Waals surface area contributed by atoms with Gasteiger partial charge in [-0.15, -0.1) is 0 Å². The van der Waals surface area contributed by atoms with Gasteiger partial charge < -0.3 is 0 Å². The molecule has 0 amide bonds. The van der Waals surface area contributed by atoms with Crippen molar-refractivity contribution in [1.29, 1.82) is 0 Å². The fourth-order valence-corrected chi connectivity index (χ4v) is 2.54. The minimum Gasteiger partial charge on any atom is -0.290 e. The Morgan fingerprint density at radius 3 is 2.52 bits per heavy atom. The lowest BCUT2D eigenvalue weighted by Gasteiger charge is -2.10. The standard InChI is InChI=1S/C14H12N2O6S/c1-9-10(2)14(17)7-6-13(9)15-22-23(20,21)12-5-3-4-11(8-12)16(18)19/h3-8H,1-2H3/b15-13+. The molecule has 8 nitrogen and oxygen atoms in total. The number of oxime groups is 1. The van der Waals surface area contributed by atoms with E-state index in [0.717, 1.165) is 18.2 Å². The third kappa shape index (κ3) is 3.51. The Hall–Kier alpha value is -2.81. The van der Waals surface area contributed by atoms with Crippen LogP contribution in [0.15, 0.2) is 57.6 Å². The Labute approximate surface area is 132 Å². The van der Waals surface area contributed by atoms with Crippen LogP contribution in [-0.2, 0) is 19.2 Å². The number of hydrogen-bond donors (Lipinski definition) is 0. The van der Waals surface area contributed by atoms with Crippen LogP contribution < -0.4 is 0 Å². The second-order valence-electron chi connectivity index (χ2n) is 4.71. The molecule has 9 heteroatoms. The molecule has 0 unspecified atom stereocenters. The van der Waals surface area contributed by atoms with Crippen molar-refractivity contribution < 1.29 is 22.4 Å². The monoisotopic (exact) mass is 336 g/mol. The van der Waals surface area contributed by atoms with Crippen molar-refractivity contribution >= 4 is 27.3 Å². The lowest BCUT2D eigenvalue weighted by molar-refractivity contribution is -0.385. The summed E-state index contributed by atoms with van der Waals surface area (Å²) in [6.07, 6.45) is 2.60. The molecule has 120 valence electrons. The van der Waals surface area contributed by atoms with E-state index < -0.39 is 15.0 Å². The molecule has 0 fully saturated rings. The van der Waals surface area contributed by atoms with E-state index in [2.05, 4.69) is 9.44 Å². The molecule has 0 radical (unpaired) electrons. The quantitative estimate of drug-likeness (QED) is 0.472. The molecule has 0 spiro atoms. The van der Waals surface area contributed by atoms with Gasteiger partial charge in [-0.3, -0.25) is 19.2 Å². The van der Waals surface area contributed by atoms with Crippen LogP contribution in [0.2, 0.25) is 0 Å². The van der Waals surface area contributed by atoms with Gasteiger partial charge in [-0.1, -0.05) is 11.2 Å². The fourth-order valence-electron chi connectivity index (χ4n) is 1.77. The lowest BCUT2D eigenvalue weighted by Crippen LogP contribution is -2.12. The first-order valence-corrected chi connectivity index (χ1v) is 7.79. The van der Waals surface area contributed by atoms with E-state index in [1.807, 2.05) is 0 Å². The van der Waals surface area contributed by atoms with E-state index in [1.54, 1.807) is 13.8 Å². The Kier molecular flexibility index (Phi) is 4.41. The predicted octanol–water partition coefficient (Wildman–Crippen LogP) is 2.13. The number of carbonyl (C=O) groups excluding carboxylic acids is 1. The van der Waals surface area contributed by atoms with Gasteiger partial charge in [0.1, 0.15) is 10.6 Å². The highest BCUT2D eigenvalue weighted by atomic mass is 32.2. The summed E-state index contributed by atoms with van der Waals surface area (Å²) in [4.78, 5) is 21.0. The predicted molar refractivity (Wildman–Crippen MR) is 81.3 cm³/mol. The number of nitro benzene ring substituents is 1. The van der Waals surface area contributed by atoms with E-state index in [1.165, 1.54) is 18.2 Å². The smallest absolute Gasteiger partial charge is 0.290 e. The highest BCUT2D eigenvalue weighted by Gasteiger charge is 2.21. The van der Waals surface area contributed by atoms with Crippen LogP contribution in [0.25, 0.3) is 0 Å². The summed E-state index contributed by atoms with van der Waals surface area (Å²) in [6, 6.07) is 4.44. The van der Waals surface area contributed by atoms with E-state index in [9.17, 15) is 23.3 Å². The Morgan fingerprint density at radius 2 is 1.87 bits per heavy atom. The van der Waals surface area contributed by atoms with E-state index in [4.69, 9.17) is 0 Å². The van der Waals surface area contributed by atoms with Gasteiger partial charge in [0.15, 0.2) is 5.78 Å². The van der Waals surface area contributed by atoms with Crippen molar-refractivity contribution in [3.63, 3.8) is 0 Å². The second-order valence-corrected chi connectivity index (χ2v) is 6.24. The number of allylic oxidation sites excluding steroid dienone is 4. The number of hydrogen-bond acceptors (Lipinski definition) is 7. The summed E-state index contributed by atoms with van der Waals surface area (Å²) in [5.41, 5.74) is 0.739. The van der Waals surface area contributed by atoms with E-state index in [0.29, 0.717) is 11.1 Å². The molecule has 1 aliphatic rings. The topological polar surface area (TPSA) is 116 Å². The Bertz CT molecular complexity index is 880. The van der Waals surface area contributed by atoms with Gasteiger partial charge in [0.2, 0.25) is 0 Å². The molecule has 0 atom stereocenters. The Balaban J connectivity index is 2.31. The Morgan fingerprint density at radius 1 is 1.17 bits per heavy atom. The average Bonchev–Trinajstić information content (AvgIpc) is 2.52. The van der Waals surface area contributed by atoms with Gasteiger partial charge in [-0.2, -0.15) is 8.42 Å². The van der Waals surface area contributed by atoms with Crippen molar-refractivity contribution in [2.75, 3.05) is 0 Å². The maximum Gasteiger partial charge on any atom is 0.358 e. The molecule has 2 rings (SSSR count). The molecule has 0 saturated carbocycles. The van der Waals surface area contributed by atoms with Crippen LogP contribution in [-0.4, -0.2) is 24.8 Å². The zero-order valence-corrected chi connectivity index (χ0v) is 13.0. The van der Waals surface area contributed by atoms with Crippen LogP contribution in [0.4, 0.5) is 5.69 Å². The van der Waals surface area contributed by atoms with Crippen LogP contribution in [0.5, 0.6) is 0 Å². The van der Waals surface area contributed by atoms with Crippen molar-refractivity contribution in [1.82, 2.24) is 0 Å². The third-order valence-electron chi connectivity index (χ3n) is 3.26. The molecular weight excluding hydrogens is 324 g/mol. The number of non-ortho nitro benzene ring substituents is 1. The molecule has 0 heterocycles. The van der Waals surface area contributed by atoms with Gasteiger partial charge in [0.25, 0.3) is 5.69 Å². The molecule has 0 bridgehead atoms. The summed E-state index contributed by atoms with van der Waals surface area (Å²) in [5, 5.41) is 14.2. The molecule has 0 N–H and O–H groups in total. The molecule has 0 saturated heterocycles. The maximum atomic E-state index is 12.0. The number of ketones is 1. The maximum absolute atomic E-state index is 12.0. The average molecular weight is 336 g/mol. The summed E-state index contributed by atoms with van der Waals surface area (Å²) < 4.78 is 28.7. The second kappa shape index (κ2) is 6.13. The van der Waals surface area contributed by atoms with Gasteiger partial charge in [0, 0.05) is 17.7 Å². The normalized spacial score (nSPS) is 16.8. The van der Waals surface area contributed by atoms with Crippen molar-refractivity contribution in [2.24, 2.45) is 5.16 Å². The van der Waals surface area contributed by atoms with Gasteiger partial charge in [-0.25, -0.2) is 0 Å². The summed E-state index contributed by atoms with van der Waals surface area (Å²) in [6.45, 7) is 3.20. The minimum absolute atomic E-state index is 0.191. The van der Waals surface area contributed by atoms with Crippen LogP contribution in [0.3, 0.4) is 0 Å². The minimum atomic E-state index is -4.30. The molecule has 23 heavy (non-hydrogen) atoms. The molecule has 0 aliphatic heterocycles. The molecule has 1 aromatic carbocycles. The number of nitro groups is 1. The first-order valence-electron chi connectivity index (χ1n) is 6.39.